The lowest BCUT2D eigenvalue weighted by atomic mass is 10.2. The Morgan fingerprint density at radius 1 is 0.889 bits per heavy atom. The highest BCUT2D eigenvalue weighted by molar-refractivity contribution is 5.84. The fourth-order valence-electron chi connectivity index (χ4n) is 3.02. The second kappa shape index (κ2) is 4.76. The molecule has 100 valence electrons. The van der Waals surface area contributed by atoms with E-state index >= 15 is 0 Å². The van der Waals surface area contributed by atoms with Gasteiger partial charge < -0.3 is 20.0 Å². The predicted molar refractivity (Wildman–Crippen MR) is 66.1 cm³/mol. The van der Waals surface area contributed by atoms with E-state index < -0.39 is 0 Å². The molecule has 1 N–H and O–H groups in total. The molecule has 0 aromatic heterocycles. The summed E-state index contributed by atoms with van der Waals surface area (Å²) in [5, 5.41) is 3.28. The van der Waals surface area contributed by atoms with E-state index in [1.807, 2.05) is 14.7 Å². The van der Waals surface area contributed by atoms with Crippen LogP contribution in [0.5, 0.6) is 0 Å². The summed E-state index contributed by atoms with van der Waals surface area (Å²) in [5.41, 5.74) is 0. The molecule has 6 nitrogen and oxygen atoms in total. The van der Waals surface area contributed by atoms with Gasteiger partial charge in [0.05, 0.1) is 6.04 Å². The zero-order valence-corrected chi connectivity index (χ0v) is 10.6. The third-order valence-corrected chi connectivity index (χ3v) is 4.11. The lowest BCUT2D eigenvalue weighted by molar-refractivity contribution is -0.129. The summed E-state index contributed by atoms with van der Waals surface area (Å²) in [6.07, 6.45) is 1.79. The number of rotatable bonds is 0. The number of nitrogens with one attached hydrogen (secondary N) is 1. The zero-order valence-electron chi connectivity index (χ0n) is 10.6. The minimum Gasteiger partial charge on any atom is -0.341 e. The average Bonchev–Trinajstić information content (AvgIpc) is 2.88. The Bertz CT molecular complexity index is 298. The second-order valence-electron chi connectivity index (χ2n) is 5.23. The fraction of sp³-hybridized carbons (Fsp3) is 0.833. The number of fused-ring (bicyclic) bond motifs is 4. The van der Waals surface area contributed by atoms with Crippen LogP contribution in [0.3, 0.4) is 0 Å². The van der Waals surface area contributed by atoms with Crippen molar-refractivity contribution < 1.29 is 9.59 Å². The van der Waals surface area contributed by atoms with Gasteiger partial charge in [-0.05, 0) is 12.8 Å². The van der Waals surface area contributed by atoms with E-state index in [0.717, 1.165) is 45.6 Å². The van der Waals surface area contributed by atoms with Crippen LogP contribution in [0, 0.1) is 0 Å². The molecule has 4 bridgehead atoms. The molecular weight excluding hydrogens is 232 g/mol. The summed E-state index contributed by atoms with van der Waals surface area (Å²) in [5.74, 6) is 0.235. The lowest BCUT2D eigenvalue weighted by Gasteiger charge is -2.23. The molecule has 3 heterocycles. The van der Waals surface area contributed by atoms with Crippen LogP contribution in [0.1, 0.15) is 12.8 Å². The maximum Gasteiger partial charge on any atom is 0.320 e. The molecule has 0 aromatic carbocycles. The molecule has 1 unspecified atom stereocenters. The summed E-state index contributed by atoms with van der Waals surface area (Å²) in [6, 6.07) is 0.129. The van der Waals surface area contributed by atoms with Crippen LogP contribution in [0.25, 0.3) is 0 Å². The first kappa shape index (κ1) is 11.8. The molecule has 3 saturated heterocycles. The molecule has 0 saturated carbocycles. The standard InChI is InChI=1S/C12H20N4O2/c17-11-10-2-6-14(11)4-1-5-15-8-9-16(12(15)18)7-3-13-10/h10,13H,1-9H2. The van der Waals surface area contributed by atoms with Gasteiger partial charge in [-0.2, -0.15) is 0 Å². The van der Waals surface area contributed by atoms with Crippen molar-refractivity contribution in [2.75, 3.05) is 45.8 Å². The normalized spacial score (nSPS) is 29.6. The minimum atomic E-state index is -0.0294. The predicted octanol–water partition coefficient (Wildman–Crippen LogP) is -0.682. The highest BCUT2D eigenvalue weighted by Crippen LogP contribution is 2.14. The first-order valence-corrected chi connectivity index (χ1v) is 6.82. The molecule has 3 aliphatic heterocycles. The van der Waals surface area contributed by atoms with Crippen molar-refractivity contribution in [2.24, 2.45) is 0 Å². The van der Waals surface area contributed by atoms with Crippen molar-refractivity contribution >= 4 is 11.9 Å². The van der Waals surface area contributed by atoms with Gasteiger partial charge in [-0.1, -0.05) is 0 Å². The van der Waals surface area contributed by atoms with Crippen LogP contribution in [-0.2, 0) is 4.79 Å². The van der Waals surface area contributed by atoms with Gasteiger partial charge in [-0.25, -0.2) is 4.79 Å². The smallest absolute Gasteiger partial charge is 0.320 e. The van der Waals surface area contributed by atoms with Gasteiger partial charge in [0.15, 0.2) is 0 Å². The largest absolute Gasteiger partial charge is 0.341 e. The van der Waals surface area contributed by atoms with Crippen molar-refractivity contribution in [3.05, 3.63) is 0 Å². The first-order valence-electron chi connectivity index (χ1n) is 6.82. The van der Waals surface area contributed by atoms with Crippen molar-refractivity contribution in [1.82, 2.24) is 20.0 Å². The molecule has 0 radical (unpaired) electrons. The summed E-state index contributed by atoms with van der Waals surface area (Å²) in [6.45, 7) is 5.48. The van der Waals surface area contributed by atoms with Gasteiger partial charge >= 0.3 is 6.03 Å². The van der Waals surface area contributed by atoms with E-state index in [2.05, 4.69) is 5.32 Å². The van der Waals surface area contributed by atoms with Crippen molar-refractivity contribution in [3.63, 3.8) is 0 Å². The highest BCUT2D eigenvalue weighted by Gasteiger charge is 2.33. The van der Waals surface area contributed by atoms with Gasteiger partial charge in [0.1, 0.15) is 0 Å². The van der Waals surface area contributed by atoms with Crippen LogP contribution < -0.4 is 5.32 Å². The monoisotopic (exact) mass is 252 g/mol. The van der Waals surface area contributed by atoms with Gasteiger partial charge in [0, 0.05) is 45.8 Å². The van der Waals surface area contributed by atoms with Crippen LogP contribution in [0.4, 0.5) is 4.79 Å². The third kappa shape index (κ3) is 2.05. The van der Waals surface area contributed by atoms with Gasteiger partial charge in [-0.15, -0.1) is 0 Å². The number of hydrogen-bond donors (Lipinski definition) is 1. The molecule has 0 spiro atoms. The molecule has 0 aliphatic carbocycles. The van der Waals surface area contributed by atoms with Gasteiger partial charge in [0.25, 0.3) is 0 Å². The Balaban J connectivity index is 1.68. The number of carbonyl (C=O) groups excluding carboxylic acids is 2. The fourth-order valence-corrected chi connectivity index (χ4v) is 3.02. The molecule has 3 rings (SSSR count). The van der Waals surface area contributed by atoms with Crippen LogP contribution >= 0.6 is 0 Å². The van der Waals surface area contributed by atoms with Gasteiger partial charge in [-0.3, -0.25) is 4.79 Å². The van der Waals surface area contributed by atoms with Gasteiger partial charge in [0.2, 0.25) is 5.91 Å². The van der Waals surface area contributed by atoms with E-state index in [1.54, 1.807) is 0 Å². The molecule has 18 heavy (non-hydrogen) atoms. The molecule has 1 atom stereocenters. The SMILES string of the molecule is O=C1C2CCN1CCCN1CCN(CCN2)C1=O. The van der Waals surface area contributed by atoms with E-state index in [1.165, 1.54) is 0 Å². The maximum atomic E-state index is 12.0. The molecule has 3 amide bonds. The first-order chi connectivity index (χ1) is 8.75. The van der Waals surface area contributed by atoms with Crippen LogP contribution in [0.15, 0.2) is 0 Å². The van der Waals surface area contributed by atoms with E-state index in [-0.39, 0.29) is 18.0 Å². The Labute approximate surface area is 107 Å². The molecule has 0 aromatic rings. The topological polar surface area (TPSA) is 55.9 Å². The molecule has 3 fully saturated rings. The quantitative estimate of drug-likeness (QED) is 0.621. The molecule has 6 heteroatoms. The molecule has 3 aliphatic rings. The van der Waals surface area contributed by atoms with Crippen molar-refractivity contribution in [3.8, 4) is 0 Å². The van der Waals surface area contributed by atoms with Crippen molar-refractivity contribution in [1.29, 1.82) is 0 Å². The highest BCUT2D eigenvalue weighted by atomic mass is 16.2. The van der Waals surface area contributed by atoms with E-state index in [4.69, 9.17) is 0 Å². The Kier molecular flexibility index (Phi) is 3.11. The average molecular weight is 252 g/mol. The number of urea groups is 1. The number of nitrogens with zero attached hydrogens (tertiary/aromatic N) is 3. The summed E-state index contributed by atoms with van der Waals surface area (Å²) >= 11 is 0. The summed E-state index contributed by atoms with van der Waals surface area (Å²) in [4.78, 5) is 29.8. The number of carbonyl (C=O) groups is 2. The second-order valence-corrected chi connectivity index (χ2v) is 5.23. The zero-order chi connectivity index (χ0) is 12.5. The van der Waals surface area contributed by atoms with Crippen LogP contribution in [-0.4, -0.2) is 78.5 Å². The Hall–Kier alpha value is -1.30. The lowest BCUT2D eigenvalue weighted by Crippen LogP contribution is -2.44. The third-order valence-electron chi connectivity index (χ3n) is 4.11. The van der Waals surface area contributed by atoms with Crippen LogP contribution in [0.2, 0.25) is 0 Å². The number of amides is 3. The Morgan fingerprint density at radius 3 is 2.44 bits per heavy atom. The van der Waals surface area contributed by atoms with E-state index in [0.29, 0.717) is 13.1 Å². The van der Waals surface area contributed by atoms with Crippen molar-refractivity contribution in [2.45, 2.75) is 18.9 Å². The molecular formula is C12H20N4O2. The maximum absolute atomic E-state index is 12.0. The summed E-state index contributed by atoms with van der Waals surface area (Å²) < 4.78 is 0. The minimum absolute atomic E-state index is 0.0294. The number of hydrogen-bond acceptors (Lipinski definition) is 3. The summed E-state index contributed by atoms with van der Waals surface area (Å²) in [7, 11) is 0. The Morgan fingerprint density at radius 2 is 1.61 bits per heavy atom. The van der Waals surface area contributed by atoms with E-state index in [9.17, 15) is 9.59 Å².